The lowest BCUT2D eigenvalue weighted by Gasteiger charge is -2.10. The number of carbonyl (C=O) groups is 2. The highest BCUT2D eigenvalue weighted by Gasteiger charge is 2.15. The van der Waals surface area contributed by atoms with Crippen LogP contribution in [0.3, 0.4) is 0 Å². The van der Waals surface area contributed by atoms with Crippen LogP contribution in [0, 0.1) is 10.1 Å². The smallest absolute Gasteiger partial charge is 0.287 e. The summed E-state index contributed by atoms with van der Waals surface area (Å²) >= 11 is 6.79. The number of hydrogen-bond donors (Lipinski definition) is 2. The van der Waals surface area contributed by atoms with Crippen molar-refractivity contribution >= 4 is 61.7 Å². The number of benzene rings is 3. The average Bonchev–Trinajstić information content (AvgIpc) is 2.84. The SMILES string of the molecule is COc1c(Br)cc(Br)cc1/C=N\NC(=O)/C(=C/c1ccc([N+](=O)[O-])cc1)NC(=O)c1ccccc1. The quantitative estimate of drug-likeness (QED) is 0.162. The van der Waals surface area contributed by atoms with Crippen LogP contribution in [0.2, 0.25) is 0 Å². The van der Waals surface area contributed by atoms with Gasteiger partial charge in [0, 0.05) is 27.7 Å². The number of nitro benzene ring substituents is 1. The van der Waals surface area contributed by atoms with Gasteiger partial charge in [-0.3, -0.25) is 19.7 Å². The fourth-order valence-corrected chi connectivity index (χ4v) is 4.33. The lowest BCUT2D eigenvalue weighted by molar-refractivity contribution is -0.384. The van der Waals surface area contributed by atoms with Crippen LogP contribution in [0.1, 0.15) is 21.5 Å². The van der Waals surface area contributed by atoms with Crippen molar-refractivity contribution in [2.24, 2.45) is 5.10 Å². The number of ether oxygens (including phenoxy) is 1. The molecule has 0 aliphatic rings. The minimum atomic E-state index is -0.697. The highest BCUT2D eigenvalue weighted by molar-refractivity contribution is 9.11. The first-order chi connectivity index (χ1) is 16.8. The van der Waals surface area contributed by atoms with E-state index in [1.54, 1.807) is 42.5 Å². The molecule has 0 radical (unpaired) electrons. The topological polar surface area (TPSA) is 123 Å². The zero-order valence-electron chi connectivity index (χ0n) is 18.2. The molecule has 0 heterocycles. The van der Waals surface area contributed by atoms with Gasteiger partial charge < -0.3 is 10.1 Å². The second-order valence-electron chi connectivity index (χ2n) is 6.94. The predicted octanol–water partition coefficient (Wildman–Crippen LogP) is 5.05. The van der Waals surface area contributed by atoms with Gasteiger partial charge in [-0.05, 0) is 64.0 Å². The Bertz CT molecular complexity index is 1310. The van der Waals surface area contributed by atoms with Crippen LogP contribution in [0.15, 0.2) is 86.5 Å². The molecular formula is C24H18Br2N4O5. The van der Waals surface area contributed by atoms with Gasteiger partial charge in [-0.1, -0.05) is 34.1 Å². The molecule has 2 N–H and O–H groups in total. The summed E-state index contributed by atoms with van der Waals surface area (Å²) in [7, 11) is 1.51. The van der Waals surface area contributed by atoms with E-state index in [9.17, 15) is 19.7 Å². The molecule has 0 saturated carbocycles. The van der Waals surface area contributed by atoms with Crippen molar-refractivity contribution in [2.45, 2.75) is 0 Å². The van der Waals surface area contributed by atoms with E-state index in [-0.39, 0.29) is 11.4 Å². The summed E-state index contributed by atoms with van der Waals surface area (Å²) in [5, 5.41) is 17.5. The number of amides is 2. The Labute approximate surface area is 217 Å². The van der Waals surface area contributed by atoms with Crippen LogP contribution < -0.4 is 15.5 Å². The number of carbonyl (C=O) groups excluding carboxylic acids is 2. The highest BCUT2D eigenvalue weighted by Crippen LogP contribution is 2.31. The number of rotatable bonds is 8. The number of non-ortho nitro benzene ring substituents is 1. The van der Waals surface area contributed by atoms with E-state index < -0.39 is 16.7 Å². The van der Waals surface area contributed by atoms with Crippen molar-refractivity contribution < 1.29 is 19.2 Å². The number of nitro groups is 1. The monoisotopic (exact) mass is 600 g/mol. The van der Waals surface area contributed by atoms with E-state index in [1.807, 2.05) is 0 Å². The van der Waals surface area contributed by atoms with Crippen molar-refractivity contribution in [3.8, 4) is 5.75 Å². The van der Waals surface area contributed by atoms with Gasteiger partial charge in [0.1, 0.15) is 11.4 Å². The van der Waals surface area contributed by atoms with Crippen LogP contribution in [-0.2, 0) is 4.79 Å². The molecule has 0 unspecified atom stereocenters. The number of hydrogen-bond acceptors (Lipinski definition) is 6. The molecule has 3 aromatic rings. The minimum Gasteiger partial charge on any atom is -0.495 e. The maximum Gasteiger partial charge on any atom is 0.287 e. The van der Waals surface area contributed by atoms with E-state index >= 15 is 0 Å². The number of nitrogens with zero attached hydrogens (tertiary/aromatic N) is 2. The highest BCUT2D eigenvalue weighted by atomic mass is 79.9. The Morgan fingerprint density at radius 3 is 2.37 bits per heavy atom. The van der Waals surface area contributed by atoms with Crippen LogP contribution in [0.4, 0.5) is 5.69 Å². The molecule has 0 fully saturated rings. The fourth-order valence-electron chi connectivity index (χ4n) is 2.91. The number of methoxy groups -OCH3 is 1. The minimum absolute atomic E-state index is 0.0970. The van der Waals surface area contributed by atoms with Crippen molar-refractivity contribution in [3.63, 3.8) is 0 Å². The lowest BCUT2D eigenvalue weighted by Crippen LogP contribution is -2.32. The Morgan fingerprint density at radius 2 is 1.74 bits per heavy atom. The van der Waals surface area contributed by atoms with Gasteiger partial charge in [0.15, 0.2) is 0 Å². The van der Waals surface area contributed by atoms with Crippen molar-refractivity contribution in [3.05, 3.63) is 108 Å². The summed E-state index contributed by atoms with van der Waals surface area (Å²) < 4.78 is 6.82. The maximum absolute atomic E-state index is 12.9. The van der Waals surface area contributed by atoms with Crippen molar-refractivity contribution in [1.29, 1.82) is 0 Å². The molecule has 2 amide bonds. The maximum atomic E-state index is 12.9. The molecule has 3 aromatic carbocycles. The Hall–Kier alpha value is -3.83. The van der Waals surface area contributed by atoms with Crippen LogP contribution in [0.25, 0.3) is 6.08 Å². The molecule has 3 rings (SSSR count). The van der Waals surface area contributed by atoms with Gasteiger partial charge in [0.25, 0.3) is 17.5 Å². The third kappa shape index (κ3) is 7.08. The molecule has 11 heteroatoms. The van der Waals surface area contributed by atoms with Gasteiger partial charge in [0.05, 0.1) is 22.7 Å². The summed E-state index contributed by atoms with van der Waals surface area (Å²) in [4.78, 5) is 35.9. The first kappa shape index (κ1) is 25.8. The molecule has 35 heavy (non-hydrogen) atoms. The number of halogens is 2. The number of nitrogens with one attached hydrogen (secondary N) is 2. The van der Waals surface area contributed by atoms with Crippen molar-refractivity contribution in [2.75, 3.05) is 7.11 Å². The van der Waals surface area contributed by atoms with E-state index in [4.69, 9.17) is 4.74 Å². The average molecular weight is 602 g/mol. The molecule has 0 aliphatic heterocycles. The third-order valence-corrected chi connectivity index (χ3v) is 5.60. The van der Waals surface area contributed by atoms with Gasteiger partial charge in [-0.15, -0.1) is 0 Å². The summed E-state index contributed by atoms with van der Waals surface area (Å²) in [6, 6.07) is 17.5. The second-order valence-corrected chi connectivity index (χ2v) is 8.71. The van der Waals surface area contributed by atoms with E-state index in [0.29, 0.717) is 26.9 Å². The summed E-state index contributed by atoms with van der Waals surface area (Å²) in [6.45, 7) is 0. The number of hydrazone groups is 1. The molecular weight excluding hydrogens is 584 g/mol. The summed E-state index contributed by atoms with van der Waals surface area (Å²) in [5.74, 6) is -0.683. The van der Waals surface area contributed by atoms with E-state index in [2.05, 4.69) is 47.7 Å². The first-order valence-corrected chi connectivity index (χ1v) is 11.6. The van der Waals surface area contributed by atoms with E-state index in [0.717, 1.165) is 4.47 Å². The molecule has 0 aromatic heterocycles. The van der Waals surface area contributed by atoms with E-state index in [1.165, 1.54) is 43.7 Å². The summed E-state index contributed by atoms with van der Waals surface area (Å²) in [6.07, 6.45) is 2.79. The second kappa shape index (κ2) is 12.0. The molecule has 9 nitrogen and oxygen atoms in total. The first-order valence-electron chi connectivity index (χ1n) is 9.97. The Balaban J connectivity index is 1.86. The van der Waals surface area contributed by atoms with Gasteiger partial charge in [-0.25, -0.2) is 5.43 Å². The standard InChI is InChI=1S/C24H18Br2N4O5/c1-35-22-17(12-18(25)13-20(22)26)14-27-29-24(32)21(28-23(31)16-5-3-2-4-6-16)11-15-7-9-19(10-8-15)30(33)34/h2-14H,1H3,(H,28,31)(H,29,32)/b21-11-,27-14-. The normalized spacial score (nSPS) is 11.2. The Kier molecular flexibility index (Phi) is 8.87. The van der Waals surface area contributed by atoms with Crippen LogP contribution >= 0.6 is 31.9 Å². The third-order valence-electron chi connectivity index (χ3n) is 4.55. The fraction of sp³-hybridized carbons (Fsp3) is 0.0417. The van der Waals surface area contributed by atoms with Gasteiger partial charge >= 0.3 is 0 Å². The lowest BCUT2D eigenvalue weighted by atomic mass is 10.1. The largest absolute Gasteiger partial charge is 0.495 e. The molecule has 0 aliphatic carbocycles. The molecule has 0 bridgehead atoms. The molecule has 0 atom stereocenters. The molecule has 0 saturated heterocycles. The molecule has 178 valence electrons. The van der Waals surface area contributed by atoms with Gasteiger partial charge in [-0.2, -0.15) is 5.10 Å². The molecule has 0 spiro atoms. The predicted molar refractivity (Wildman–Crippen MR) is 139 cm³/mol. The van der Waals surface area contributed by atoms with Crippen LogP contribution in [-0.4, -0.2) is 30.1 Å². The zero-order chi connectivity index (χ0) is 25.4. The summed E-state index contributed by atoms with van der Waals surface area (Å²) in [5.41, 5.74) is 3.58. The Morgan fingerprint density at radius 1 is 1.06 bits per heavy atom. The van der Waals surface area contributed by atoms with Crippen molar-refractivity contribution in [1.82, 2.24) is 10.7 Å². The zero-order valence-corrected chi connectivity index (χ0v) is 21.4. The van der Waals surface area contributed by atoms with Gasteiger partial charge in [0.2, 0.25) is 0 Å². The van der Waals surface area contributed by atoms with Crippen LogP contribution in [0.5, 0.6) is 5.75 Å².